The topological polar surface area (TPSA) is 51.0 Å². The third-order valence-electron chi connectivity index (χ3n) is 3.87. The van der Waals surface area contributed by atoms with Crippen LogP contribution in [0.3, 0.4) is 0 Å². The van der Waals surface area contributed by atoms with Gasteiger partial charge >= 0.3 is 0 Å². The molecule has 3 rings (SSSR count). The average molecular weight is 275 g/mol. The first-order valence-corrected chi connectivity index (χ1v) is 6.99. The Bertz CT molecular complexity index is 590. The fourth-order valence-electron chi connectivity index (χ4n) is 2.60. The lowest BCUT2D eigenvalue weighted by molar-refractivity contribution is 0.206. The minimum atomic E-state index is -0.251. The summed E-state index contributed by atoms with van der Waals surface area (Å²) in [5.41, 5.74) is 0.334. The van der Waals surface area contributed by atoms with Gasteiger partial charge < -0.3 is 9.84 Å². The van der Waals surface area contributed by atoms with E-state index in [2.05, 4.69) is 22.4 Å². The van der Waals surface area contributed by atoms with Crippen LogP contribution in [-0.4, -0.2) is 16.7 Å². The van der Waals surface area contributed by atoms with E-state index in [9.17, 15) is 4.39 Å². The number of hydrogen-bond donors (Lipinski definition) is 1. The van der Waals surface area contributed by atoms with E-state index < -0.39 is 0 Å². The predicted molar refractivity (Wildman–Crippen MR) is 72.7 cm³/mol. The third-order valence-corrected chi connectivity index (χ3v) is 3.87. The highest BCUT2D eigenvalue weighted by atomic mass is 19.1. The van der Waals surface area contributed by atoms with Gasteiger partial charge in [-0.2, -0.15) is 4.98 Å². The van der Waals surface area contributed by atoms with Gasteiger partial charge in [0.15, 0.2) is 5.82 Å². The van der Waals surface area contributed by atoms with Crippen LogP contribution in [-0.2, 0) is 12.0 Å². The first kappa shape index (κ1) is 13.2. The van der Waals surface area contributed by atoms with E-state index in [1.807, 2.05) is 6.07 Å². The molecule has 1 aliphatic rings. The lowest BCUT2D eigenvalue weighted by atomic mass is 9.91. The van der Waals surface area contributed by atoms with Crippen LogP contribution >= 0.6 is 0 Å². The fraction of sp³-hybridized carbons (Fsp3) is 0.467. The molecule has 1 fully saturated rings. The van der Waals surface area contributed by atoms with E-state index in [0.29, 0.717) is 23.7 Å². The Hall–Kier alpha value is -1.75. The average Bonchev–Trinajstić information content (AvgIpc) is 2.92. The van der Waals surface area contributed by atoms with Crippen molar-refractivity contribution in [2.24, 2.45) is 0 Å². The molecule has 0 aliphatic carbocycles. The van der Waals surface area contributed by atoms with Gasteiger partial charge in [-0.3, -0.25) is 0 Å². The van der Waals surface area contributed by atoms with Crippen LogP contribution < -0.4 is 5.32 Å². The summed E-state index contributed by atoms with van der Waals surface area (Å²) in [6.07, 6.45) is 3.65. The molecule has 2 heterocycles. The van der Waals surface area contributed by atoms with Gasteiger partial charge in [-0.1, -0.05) is 23.4 Å². The summed E-state index contributed by atoms with van der Waals surface area (Å²) in [4.78, 5) is 4.44. The van der Waals surface area contributed by atoms with Crippen molar-refractivity contribution in [3.05, 3.63) is 47.4 Å². The molecule has 1 N–H and O–H groups in total. The van der Waals surface area contributed by atoms with E-state index in [0.717, 1.165) is 19.4 Å². The molecule has 20 heavy (non-hydrogen) atoms. The van der Waals surface area contributed by atoms with Gasteiger partial charge in [0.25, 0.3) is 0 Å². The smallest absolute Gasteiger partial charge is 0.246 e. The molecule has 5 heteroatoms. The van der Waals surface area contributed by atoms with E-state index in [1.54, 1.807) is 12.1 Å². The Balaban J connectivity index is 1.78. The molecular formula is C15H18FN3O. The summed E-state index contributed by atoms with van der Waals surface area (Å²) in [7, 11) is 0. The van der Waals surface area contributed by atoms with E-state index in [1.165, 1.54) is 12.5 Å². The van der Waals surface area contributed by atoms with E-state index >= 15 is 0 Å². The van der Waals surface area contributed by atoms with Gasteiger partial charge in [-0.05, 0) is 44.4 Å². The zero-order valence-corrected chi connectivity index (χ0v) is 11.5. The van der Waals surface area contributed by atoms with Gasteiger partial charge in [-0.15, -0.1) is 0 Å². The highest BCUT2D eigenvalue weighted by Gasteiger charge is 2.34. The zero-order chi connectivity index (χ0) is 14.0. The van der Waals surface area contributed by atoms with Gasteiger partial charge in [0, 0.05) is 6.42 Å². The molecule has 0 radical (unpaired) electrons. The molecule has 1 aromatic carbocycles. The molecule has 0 bridgehead atoms. The quantitative estimate of drug-likeness (QED) is 0.935. The minimum absolute atomic E-state index is 0.235. The Labute approximate surface area is 117 Å². The Morgan fingerprint density at radius 3 is 2.95 bits per heavy atom. The number of aromatic nitrogens is 2. The zero-order valence-electron chi connectivity index (χ0n) is 11.5. The Morgan fingerprint density at radius 2 is 2.20 bits per heavy atom. The number of halogens is 1. The molecule has 0 amide bonds. The highest BCUT2D eigenvalue weighted by molar-refractivity contribution is 5.21. The van der Waals surface area contributed by atoms with Crippen molar-refractivity contribution >= 4 is 0 Å². The van der Waals surface area contributed by atoms with Crippen molar-refractivity contribution in [2.75, 3.05) is 6.54 Å². The van der Waals surface area contributed by atoms with Crippen molar-refractivity contribution in [2.45, 2.75) is 38.1 Å². The van der Waals surface area contributed by atoms with Crippen LogP contribution in [0.25, 0.3) is 0 Å². The molecule has 0 saturated carbocycles. The van der Waals surface area contributed by atoms with Crippen LogP contribution in [0.15, 0.2) is 28.8 Å². The SMILES string of the molecule is CC1(c2nc(Cc3ccccc3F)no2)CCCCN1. The Morgan fingerprint density at radius 1 is 1.35 bits per heavy atom. The molecule has 106 valence electrons. The highest BCUT2D eigenvalue weighted by Crippen LogP contribution is 2.28. The molecular weight excluding hydrogens is 257 g/mol. The second-order valence-corrected chi connectivity index (χ2v) is 5.50. The fourth-order valence-corrected chi connectivity index (χ4v) is 2.60. The second kappa shape index (κ2) is 5.32. The van der Waals surface area contributed by atoms with Crippen molar-refractivity contribution in [1.82, 2.24) is 15.5 Å². The molecule has 1 aromatic heterocycles. The number of rotatable bonds is 3. The van der Waals surface area contributed by atoms with Crippen LogP contribution in [0, 0.1) is 5.82 Å². The van der Waals surface area contributed by atoms with Gasteiger partial charge in [0.1, 0.15) is 5.82 Å². The first-order chi connectivity index (χ1) is 9.67. The van der Waals surface area contributed by atoms with Crippen molar-refractivity contribution in [1.29, 1.82) is 0 Å². The summed E-state index contributed by atoms with van der Waals surface area (Å²) in [5.74, 6) is 0.892. The summed E-state index contributed by atoms with van der Waals surface area (Å²) in [5, 5.41) is 7.41. The molecule has 1 unspecified atom stereocenters. The summed E-state index contributed by atoms with van der Waals surface area (Å²) < 4.78 is 19.0. The van der Waals surface area contributed by atoms with Crippen molar-refractivity contribution < 1.29 is 8.91 Å². The largest absolute Gasteiger partial charge is 0.337 e. The monoisotopic (exact) mass is 275 g/mol. The number of nitrogens with zero attached hydrogens (tertiary/aromatic N) is 2. The number of nitrogens with one attached hydrogen (secondary N) is 1. The van der Waals surface area contributed by atoms with Gasteiger partial charge in [0.05, 0.1) is 5.54 Å². The maximum atomic E-state index is 13.6. The molecule has 0 spiro atoms. The Kier molecular flexibility index (Phi) is 3.53. The third kappa shape index (κ3) is 2.58. The second-order valence-electron chi connectivity index (χ2n) is 5.50. The van der Waals surface area contributed by atoms with Crippen LogP contribution in [0.4, 0.5) is 4.39 Å². The molecule has 1 aliphatic heterocycles. The van der Waals surface area contributed by atoms with Crippen LogP contribution in [0.2, 0.25) is 0 Å². The predicted octanol–water partition coefficient (Wildman–Crippen LogP) is 2.79. The number of hydrogen-bond acceptors (Lipinski definition) is 4. The lowest BCUT2D eigenvalue weighted by Gasteiger charge is -2.31. The van der Waals surface area contributed by atoms with Crippen molar-refractivity contribution in [3.8, 4) is 0 Å². The van der Waals surface area contributed by atoms with E-state index in [4.69, 9.17) is 4.52 Å². The van der Waals surface area contributed by atoms with Gasteiger partial charge in [-0.25, -0.2) is 4.39 Å². The maximum absolute atomic E-state index is 13.6. The standard InChI is InChI=1S/C15H18FN3O/c1-15(8-4-5-9-17-15)14-18-13(19-20-14)10-11-6-2-3-7-12(11)16/h2-3,6-7,17H,4-5,8-10H2,1H3. The van der Waals surface area contributed by atoms with Crippen molar-refractivity contribution in [3.63, 3.8) is 0 Å². The molecule has 2 aromatic rings. The van der Waals surface area contributed by atoms with Crippen LogP contribution in [0.1, 0.15) is 43.5 Å². The lowest BCUT2D eigenvalue weighted by Crippen LogP contribution is -2.43. The number of piperidine rings is 1. The first-order valence-electron chi connectivity index (χ1n) is 6.99. The van der Waals surface area contributed by atoms with Crippen LogP contribution in [0.5, 0.6) is 0 Å². The number of benzene rings is 1. The summed E-state index contributed by atoms with van der Waals surface area (Å²) in [6.45, 7) is 3.04. The normalized spacial score (nSPS) is 22.9. The minimum Gasteiger partial charge on any atom is -0.337 e. The molecule has 1 saturated heterocycles. The maximum Gasteiger partial charge on any atom is 0.246 e. The molecule has 4 nitrogen and oxygen atoms in total. The van der Waals surface area contributed by atoms with Gasteiger partial charge in [0.2, 0.25) is 5.89 Å². The summed E-state index contributed by atoms with van der Waals surface area (Å²) >= 11 is 0. The summed E-state index contributed by atoms with van der Waals surface area (Å²) in [6, 6.07) is 6.67. The van der Waals surface area contributed by atoms with E-state index in [-0.39, 0.29) is 11.4 Å². The molecule has 1 atom stereocenters.